The third-order valence-electron chi connectivity index (χ3n) is 5.99. The SMILES string of the molecule is CN=C(NCc1ccc(N2CCCCCC2)nc1)NC1CCN(c2ncccc2F)C1.I. The highest BCUT2D eigenvalue weighted by atomic mass is 127. The quantitative estimate of drug-likeness (QED) is 0.336. The number of nitrogens with zero attached hydrogens (tertiary/aromatic N) is 5. The lowest BCUT2D eigenvalue weighted by molar-refractivity contribution is 0.612. The van der Waals surface area contributed by atoms with Crippen LogP contribution in [0.1, 0.15) is 37.7 Å². The molecule has 1 atom stereocenters. The van der Waals surface area contributed by atoms with Crippen molar-refractivity contribution in [1.29, 1.82) is 0 Å². The highest BCUT2D eigenvalue weighted by molar-refractivity contribution is 14.0. The molecule has 0 amide bonds. The smallest absolute Gasteiger partial charge is 0.191 e. The first-order valence-corrected chi connectivity index (χ1v) is 11.3. The molecule has 1 unspecified atom stereocenters. The average Bonchev–Trinajstić information content (AvgIpc) is 3.09. The van der Waals surface area contributed by atoms with Crippen LogP contribution in [0, 0.1) is 5.82 Å². The minimum atomic E-state index is -0.276. The van der Waals surface area contributed by atoms with Gasteiger partial charge in [0.15, 0.2) is 17.6 Å². The molecule has 2 aromatic rings. The minimum Gasteiger partial charge on any atom is -0.357 e. The monoisotopic (exact) mass is 553 g/mol. The van der Waals surface area contributed by atoms with Gasteiger partial charge in [-0.05, 0) is 43.0 Å². The van der Waals surface area contributed by atoms with Gasteiger partial charge in [0.2, 0.25) is 0 Å². The average molecular weight is 553 g/mol. The number of pyridine rings is 2. The fraction of sp³-hybridized carbons (Fsp3) is 0.522. The fourth-order valence-electron chi connectivity index (χ4n) is 4.26. The normalized spacial score (nSPS) is 19.3. The Balaban J connectivity index is 0.00000289. The van der Waals surface area contributed by atoms with Crippen LogP contribution in [0.2, 0.25) is 0 Å². The number of aromatic nitrogens is 2. The second-order valence-corrected chi connectivity index (χ2v) is 8.24. The Morgan fingerprint density at radius 3 is 2.59 bits per heavy atom. The lowest BCUT2D eigenvalue weighted by atomic mass is 10.2. The summed E-state index contributed by atoms with van der Waals surface area (Å²) in [6.07, 6.45) is 9.62. The zero-order valence-electron chi connectivity index (χ0n) is 18.6. The maximum atomic E-state index is 14.0. The van der Waals surface area contributed by atoms with Crippen LogP contribution in [0.5, 0.6) is 0 Å². The van der Waals surface area contributed by atoms with Gasteiger partial charge in [-0.3, -0.25) is 4.99 Å². The van der Waals surface area contributed by atoms with Gasteiger partial charge in [0.1, 0.15) is 5.82 Å². The van der Waals surface area contributed by atoms with Gasteiger partial charge >= 0.3 is 0 Å². The van der Waals surface area contributed by atoms with Crippen molar-refractivity contribution in [2.24, 2.45) is 4.99 Å². The summed E-state index contributed by atoms with van der Waals surface area (Å²) in [6, 6.07) is 7.52. The van der Waals surface area contributed by atoms with Crippen molar-refractivity contribution in [2.45, 2.75) is 44.7 Å². The lowest BCUT2D eigenvalue weighted by Crippen LogP contribution is -2.44. The molecule has 2 N–H and O–H groups in total. The zero-order valence-corrected chi connectivity index (χ0v) is 21.0. The largest absolute Gasteiger partial charge is 0.357 e. The molecule has 0 radical (unpaired) electrons. The van der Waals surface area contributed by atoms with Gasteiger partial charge in [-0.25, -0.2) is 14.4 Å². The van der Waals surface area contributed by atoms with Gasteiger partial charge in [-0.15, -0.1) is 24.0 Å². The van der Waals surface area contributed by atoms with E-state index in [1.165, 1.54) is 31.7 Å². The fourth-order valence-corrected chi connectivity index (χ4v) is 4.26. The number of nitrogens with one attached hydrogen (secondary N) is 2. The first-order valence-electron chi connectivity index (χ1n) is 11.3. The van der Waals surface area contributed by atoms with E-state index in [9.17, 15) is 4.39 Å². The van der Waals surface area contributed by atoms with Crippen LogP contribution in [0.15, 0.2) is 41.7 Å². The molecule has 0 aliphatic carbocycles. The first kappa shape index (κ1) is 24.5. The molecular formula is C23H33FIN7. The summed E-state index contributed by atoms with van der Waals surface area (Å²) >= 11 is 0. The molecule has 4 rings (SSSR count). The molecule has 2 aliphatic rings. The van der Waals surface area contributed by atoms with E-state index in [0.717, 1.165) is 43.4 Å². The molecule has 9 heteroatoms. The number of rotatable bonds is 5. The number of guanidine groups is 1. The summed E-state index contributed by atoms with van der Waals surface area (Å²) in [5.74, 6) is 1.96. The molecule has 174 valence electrons. The van der Waals surface area contributed by atoms with Crippen LogP contribution < -0.4 is 20.4 Å². The summed E-state index contributed by atoms with van der Waals surface area (Å²) in [6.45, 7) is 4.31. The molecular weight excluding hydrogens is 520 g/mol. The molecule has 0 bridgehead atoms. The summed E-state index contributed by atoms with van der Waals surface area (Å²) in [5.41, 5.74) is 1.12. The maximum Gasteiger partial charge on any atom is 0.191 e. The number of hydrogen-bond donors (Lipinski definition) is 2. The molecule has 2 saturated heterocycles. The van der Waals surface area contributed by atoms with Crippen LogP contribution in [0.3, 0.4) is 0 Å². The maximum absolute atomic E-state index is 14.0. The van der Waals surface area contributed by atoms with Crippen LogP contribution >= 0.6 is 24.0 Å². The van der Waals surface area contributed by atoms with E-state index in [1.807, 2.05) is 11.1 Å². The Hall–Kier alpha value is -2.17. The summed E-state index contributed by atoms with van der Waals surface area (Å²) in [7, 11) is 1.77. The second kappa shape index (κ2) is 12.2. The zero-order chi connectivity index (χ0) is 21.5. The Kier molecular flexibility index (Phi) is 9.31. The summed E-state index contributed by atoms with van der Waals surface area (Å²) in [4.78, 5) is 17.6. The van der Waals surface area contributed by atoms with Crippen molar-refractivity contribution in [3.8, 4) is 0 Å². The van der Waals surface area contributed by atoms with E-state index in [4.69, 9.17) is 0 Å². The van der Waals surface area contributed by atoms with Gasteiger partial charge in [0.05, 0.1) is 0 Å². The standard InChI is InChI=1S/C23H32FN7.HI/c1-25-23(29-19-10-14-31(17-19)22-20(24)7-6-11-26-22)28-16-18-8-9-21(27-15-18)30-12-4-2-3-5-13-30;/h6-9,11,15,19H,2-5,10,12-14,16-17H2,1H3,(H2,25,28,29);1H. The molecule has 2 aromatic heterocycles. The van der Waals surface area contributed by atoms with E-state index in [2.05, 4.69) is 42.6 Å². The molecule has 0 aromatic carbocycles. The lowest BCUT2D eigenvalue weighted by Gasteiger charge is -2.22. The highest BCUT2D eigenvalue weighted by Crippen LogP contribution is 2.21. The Morgan fingerprint density at radius 2 is 1.91 bits per heavy atom. The summed E-state index contributed by atoms with van der Waals surface area (Å²) in [5, 5.41) is 6.81. The van der Waals surface area contributed by atoms with E-state index >= 15 is 0 Å². The van der Waals surface area contributed by atoms with Crippen molar-refractivity contribution >= 4 is 41.6 Å². The van der Waals surface area contributed by atoms with Crippen LogP contribution in [0.25, 0.3) is 0 Å². The molecule has 0 spiro atoms. The van der Waals surface area contributed by atoms with E-state index in [-0.39, 0.29) is 35.8 Å². The predicted molar refractivity (Wildman–Crippen MR) is 138 cm³/mol. The van der Waals surface area contributed by atoms with Gasteiger partial charge in [0, 0.05) is 58.2 Å². The Morgan fingerprint density at radius 1 is 1.09 bits per heavy atom. The number of hydrogen-bond acceptors (Lipinski definition) is 5. The Bertz CT molecular complexity index is 869. The molecule has 7 nitrogen and oxygen atoms in total. The molecule has 2 fully saturated rings. The van der Waals surface area contributed by atoms with Crippen molar-refractivity contribution in [2.75, 3.05) is 43.0 Å². The third kappa shape index (κ3) is 6.43. The van der Waals surface area contributed by atoms with Crippen molar-refractivity contribution in [1.82, 2.24) is 20.6 Å². The van der Waals surface area contributed by atoms with Crippen LogP contribution in [-0.2, 0) is 6.54 Å². The summed E-state index contributed by atoms with van der Waals surface area (Å²) < 4.78 is 14.0. The molecule has 32 heavy (non-hydrogen) atoms. The highest BCUT2D eigenvalue weighted by Gasteiger charge is 2.25. The van der Waals surface area contributed by atoms with E-state index < -0.39 is 0 Å². The number of aliphatic imine (C=N–C) groups is 1. The van der Waals surface area contributed by atoms with Gasteiger partial charge in [-0.1, -0.05) is 18.9 Å². The van der Waals surface area contributed by atoms with Crippen molar-refractivity contribution in [3.63, 3.8) is 0 Å². The van der Waals surface area contributed by atoms with Crippen molar-refractivity contribution < 1.29 is 4.39 Å². The van der Waals surface area contributed by atoms with Gasteiger partial charge in [0.25, 0.3) is 0 Å². The minimum absolute atomic E-state index is 0. The van der Waals surface area contributed by atoms with Gasteiger partial charge in [-0.2, -0.15) is 0 Å². The van der Waals surface area contributed by atoms with Gasteiger partial charge < -0.3 is 20.4 Å². The molecule has 0 saturated carbocycles. The topological polar surface area (TPSA) is 68.7 Å². The van der Waals surface area contributed by atoms with Crippen LogP contribution in [-0.4, -0.2) is 55.2 Å². The molecule has 4 heterocycles. The Labute approximate surface area is 206 Å². The third-order valence-corrected chi connectivity index (χ3v) is 5.99. The first-order chi connectivity index (χ1) is 15.2. The predicted octanol–water partition coefficient (Wildman–Crippen LogP) is 3.56. The van der Waals surface area contributed by atoms with E-state index in [1.54, 1.807) is 19.3 Å². The van der Waals surface area contributed by atoms with Crippen molar-refractivity contribution in [3.05, 3.63) is 48.0 Å². The number of anilines is 2. The van der Waals surface area contributed by atoms with Crippen LogP contribution in [0.4, 0.5) is 16.0 Å². The second-order valence-electron chi connectivity index (χ2n) is 8.24. The number of halogens is 2. The molecule has 2 aliphatic heterocycles. The van der Waals surface area contributed by atoms with E-state index in [0.29, 0.717) is 18.9 Å².